The van der Waals surface area contributed by atoms with Gasteiger partial charge < -0.3 is 15.0 Å². The maximum absolute atomic E-state index is 13.3. The van der Waals surface area contributed by atoms with Gasteiger partial charge in [0.15, 0.2) is 0 Å². The van der Waals surface area contributed by atoms with E-state index in [1.54, 1.807) is 24.3 Å². The first-order valence-electron chi connectivity index (χ1n) is 12.2. The van der Waals surface area contributed by atoms with E-state index < -0.39 is 5.97 Å². The number of aryl methyl sites for hydroxylation is 1. The van der Waals surface area contributed by atoms with Gasteiger partial charge >= 0.3 is 5.97 Å². The Labute approximate surface area is 210 Å². The van der Waals surface area contributed by atoms with Crippen LogP contribution in [-0.4, -0.2) is 21.6 Å². The van der Waals surface area contributed by atoms with E-state index in [0.717, 1.165) is 24.1 Å². The third-order valence-corrected chi connectivity index (χ3v) is 6.73. The van der Waals surface area contributed by atoms with Gasteiger partial charge in [0.1, 0.15) is 0 Å². The second-order valence-electron chi connectivity index (χ2n) is 9.16. The summed E-state index contributed by atoms with van der Waals surface area (Å²) in [6.07, 6.45) is 5.83. The molecule has 1 amide bonds. The molecule has 5 rings (SSSR count). The average molecular weight is 477 g/mol. The lowest BCUT2D eigenvalue weighted by atomic mass is 9.96. The number of benzene rings is 3. The van der Waals surface area contributed by atoms with Crippen LogP contribution >= 0.6 is 0 Å². The summed E-state index contributed by atoms with van der Waals surface area (Å²) in [5, 5.41) is 12.2. The molecule has 36 heavy (non-hydrogen) atoms. The molecule has 180 valence electrons. The van der Waals surface area contributed by atoms with Crippen molar-refractivity contribution in [2.45, 2.75) is 32.4 Å². The van der Waals surface area contributed by atoms with E-state index >= 15 is 0 Å². The molecule has 2 N–H and O–H groups in total. The van der Waals surface area contributed by atoms with Gasteiger partial charge in [-0.05, 0) is 65.8 Å². The molecule has 0 radical (unpaired) electrons. The zero-order valence-corrected chi connectivity index (χ0v) is 20.1. The number of hydrogen-bond acceptors (Lipinski definition) is 2. The molecule has 1 heterocycles. The molecule has 0 saturated carbocycles. The monoisotopic (exact) mass is 476 g/mol. The van der Waals surface area contributed by atoms with Crippen molar-refractivity contribution in [3.05, 3.63) is 125 Å². The minimum atomic E-state index is -0.964. The van der Waals surface area contributed by atoms with Crippen LogP contribution in [0.1, 0.15) is 52.1 Å². The van der Waals surface area contributed by atoms with Crippen LogP contribution in [0.4, 0.5) is 0 Å². The van der Waals surface area contributed by atoms with Gasteiger partial charge in [0.05, 0.1) is 22.9 Å². The lowest BCUT2D eigenvalue weighted by molar-refractivity contribution is -0.116. The molecule has 4 aromatic rings. The molecule has 3 aromatic carbocycles. The van der Waals surface area contributed by atoms with Crippen LogP contribution in [0.5, 0.6) is 0 Å². The molecule has 1 aliphatic rings. The summed E-state index contributed by atoms with van der Waals surface area (Å²) in [4.78, 5) is 24.5. The fourth-order valence-corrected chi connectivity index (χ4v) is 4.75. The van der Waals surface area contributed by atoms with Gasteiger partial charge in [-0.3, -0.25) is 4.79 Å². The Kier molecular flexibility index (Phi) is 6.54. The summed E-state index contributed by atoms with van der Waals surface area (Å²) in [6.45, 7) is 2.59. The topological polar surface area (TPSA) is 71.3 Å². The molecule has 5 nitrogen and oxygen atoms in total. The van der Waals surface area contributed by atoms with Crippen molar-refractivity contribution in [1.29, 1.82) is 0 Å². The normalized spacial score (nSPS) is 13.4. The Balaban J connectivity index is 1.32. The highest BCUT2D eigenvalue weighted by Gasteiger charge is 2.24. The highest BCUT2D eigenvalue weighted by Crippen LogP contribution is 2.30. The first-order chi connectivity index (χ1) is 17.5. The Morgan fingerprint density at radius 1 is 0.917 bits per heavy atom. The summed E-state index contributed by atoms with van der Waals surface area (Å²) < 4.78 is 2.16. The van der Waals surface area contributed by atoms with Crippen LogP contribution in [0.2, 0.25) is 0 Å². The van der Waals surface area contributed by atoms with Gasteiger partial charge in [-0.25, -0.2) is 4.79 Å². The Hall–Kier alpha value is -4.38. The van der Waals surface area contributed by atoms with E-state index in [1.165, 1.54) is 22.3 Å². The first kappa shape index (κ1) is 23.4. The lowest BCUT2D eigenvalue weighted by Gasteiger charge is -2.21. The van der Waals surface area contributed by atoms with Gasteiger partial charge in [-0.2, -0.15) is 0 Å². The van der Waals surface area contributed by atoms with Gasteiger partial charge in [0.25, 0.3) is 5.91 Å². The third-order valence-electron chi connectivity index (χ3n) is 6.73. The number of aromatic carboxylic acids is 1. The van der Waals surface area contributed by atoms with E-state index in [9.17, 15) is 9.59 Å². The minimum Gasteiger partial charge on any atom is -0.478 e. The number of carboxylic acids is 1. The molecule has 0 spiro atoms. The molecule has 1 aromatic heterocycles. The van der Waals surface area contributed by atoms with Crippen molar-refractivity contribution in [2.24, 2.45) is 0 Å². The fraction of sp³-hybridized carbons (Fsp3) is 0.161. The number of allylic oxidation sites excluding steroid dienone is 1. The van der Waals surface area contributed by atoms with E-state index in [2.05, 4.69) is 58.5 Å². The standard InChI is InChI=1S/C31H28N2O3/c1-21(23-14-16-27(17-15-23)31(35)36)32-30(34)28-9-5-8-26-18-19-33(29(26)28)20-22-10-12-25(13-11-22)24-6-3-2-4-7-24/h2-4,6-7,9-19,21H,5,8,20H2,1H3,(H,32,34)(H,35,36)/t21-/m0/s1. The van der Waals surface area contributed by atoms with Crippen molar-refractivity contribution in [3.63, 3.8) is 0 Å². The van der Waals surface area contributed by atoms with Crippen molar-refractivity contribution in [3.8, 4) is 11.1 Å². The quantitative estimate of drug-likeness (QED) is 0.338. The summed E-state index contributed by atoms with van der Waals surface area (Å²) >= 11 is 0. The van der Waals surface area contributed by atoms with Crippen LogP contribution in [0.15, 0.2) is 97.2 Å². The molecule has 0 aliphatic heterocycles. The highest BCUT2D eigenvalue weighted by molar-refractivity contribution is 6.19. The second-order valence-corrected chi connectivity index (χ2v) is 9.16. The molecule has 1 atom stereocenters. The van der Waals surface area contributed by atoms with Crippen molar-refractivity contribution >= 4 is 17.4 Å². The SMILES string of the molecule is C[C@H](NC(=O)C1=CCCc2ccn(Cc3ccc(-c4ccccc4)cc3)c21)c1ccc(C(=O)O)cc1. The largest absolute Gasteiger partial charge is 0.478 e. The number of nitrogens with one attached hydrogen (secondary N) is 1. The van der Waals surface area contributed by atoms with Gasteiger partial charge in [0, 0.05) is 12.7 Å². The lowest BCUT2D eigenvalue weighted by Crippen LogP contribution is -2.29. The van der Waals surface area contributed by atoms with E-state index in [4.69, 9.17) is 5.11 Å². The second kappa shape index (κ2) is 10.1. The molecule has 0 saturated heterocycles. The van der Waals surface area contributed by atoms with Crippen LogP contribution in [0.25, 0.3) is 16.7 Å². The fourth-order valence-electron chi connectivity index (χ4n) is 4.75. The van der Waals surface area contributed by atoms with E-state index in [-0.39, 0.29) is 17.5 Å². The number of fused-ring (bicyclic) bond motifs is 1. The summed E-state index contributed by atoms with van der Waals surface area (Å²) in [7, 11) is 0. The molecule has 0 fully saturated rings. The van der Waals surface area contributed by atoms with Crippen LogP contribution in [-0.2, 0) is 17.8 Å². The van der Waals surface area contributed by atoms with E-state index in [0.29, 0.717) is 12.1 Å². The number of hydrogen-bond donors (Lipinski definition) is 2. The Morgan fingerprint density at radius 2 is 1.61 bits per heavy atom. The Bertz CT molecular complexity index is 1420. The number of carboxylic acid groups (broad SMARTS) is 1. The van der Waals surface area contributed by atoms with Crippen molar-refractivity contribution < 1.29 is 14.7 Å². The zero-order valence-electron chi connectivity index (χ0n) is 20.1. The van der Waals surface area contributed by atoms with Crippen molar-refractivity contribution in [2.75, 3.05) is 0 Å². The van der Waals surface area contributed by atoms with Gasteiger partial charge in [-0.15, -0.1) is 0 Å². The van der Waals surface area contributed by atoms with Crippen LogP contribution in [0, 0.1) is 0 Å². The van der Waals surface area contributed by atoms with E-state index in [1.807, 2.05) is 31.2 Å². The summed E-state index contributed by atoms with van der Waals surface area (Å²) in [5.74, 6) is -1.08. The van der Waals surface area contributed by atoms with Crippen molar-refractivity contribution in [1.82, 2.24) is 9.88 Å². The molecular formula is C31H28N2O3. The number of nitrogens with zero attached hydrogens (tertiary/aromatic N) is 1. The minimum absolute atomic E-state index is 0.120. The maximum Gasteiger partial charge on any atom is 0.335 e. The number of rotatable bonds is 7. The first-order valence-corrected chi connectivity index (χ1v) is 12.2. The molecule has 5 heteroatoms. The van der Waals surface area contributed by atoms with Crippen LogP contribution in [0.3, 0.4) is 0 Å². The average Bonchev–Trinajstić information content (AvgIpc) is 3.32. The number of amides is 1. The Morgan fingerprint density at radius 3 is 2.31 bits per heavy atom. The van der Waals surface area contributed by atoms with Gasteiger partial charge in [-0.1, -0.05) is 72.8 Å². The number of carbonyl (C=O) groups excluding carboxylic acids is 1. The summed E-state index contributed by atoms with van der Waals surface area (Å²) in [5.41, 5.74) is 7.48. The molecule has 0 bridgehead atoms. The predicted octanol–water partition coefficient (Wildman–Crippen LogP) is 6.11. The smallest absolute Gasteiger partial charge is 0.335 e. The van der Waals surface area contributed by atoms with Crippen LogP contribution < -0.4 is 5.32 Å². The molecule has 1 aliphatic carbocycles. The maximum atomic E-state index is 13.3. The number of aromatic nitrogens is 1. The zero-order chi connectivity index (χ0) is 25.1. The highest BCUT2D eigenvalue weighted by atomic mass is 16.4. The molecular weight excluding hydrogens is 448 g/mol. The predicted molar refractivity (Wildman–Crippen MR) is 142 cm³/mol. The summed E-state index contributed by atoms with van der Waals surface area (Å²) in [6, 6.07) is 27.4. The molecule has 0 unspecified atom stereocenters. The number of carbonyl (C=O) groups is 2. The van der Waals surface area contributed by atoms with Gasteiger partial charge in [0.2, 0.25) is 0 Å². The third kappa shape index (κ3) is 4.86.